The number of esters is 1. The number of carbonyl (C=O) groups excluding carboxylic acids is 2. The van der Waals surface area contributed by atoms with Gasteiger partial charge in [0, 0.05) is 7.14 Å². The van der Waals surface area contributed by atoms with Crippen LogP contribution in [0.25, 0.3) is 0 Å². The maximum atomic E-state index is 12.2. The Morgan fingerprint density at radius 3 is 2.32 bits per heavy atom. The number of ether oxygens (including phenoxy) is 1. The van der Waals surface area contributed by atoms with Gasteiger partial charge in [0.25, 0.3) is 0 Å². The molecule has 0 aliphatic carbocycles. The summed E-state index contributed by atoms with van der Waals surface area (Å²) in [5.41, 5.74) is -0.341. The van der Waals surface area contributed by atoms with Gasteiger partial charge in [0.05, 0.1) is 18.4 Å². The van der Waals surface area contributed by atoms with Crippen LogP contribution in [0.3, 0.4) is 0 Å². The van der Waals surface area contributed by atoms with Gasteiger partial charge in [-0.3, -0.25) is 4.79 Å². The third-order valence-corrected chi connectivity index (χ3v) is 3.43. The van der Waals surface area contributed by atoms with Gasteiger partial charge in [-0.25, -0.2) is 4.79 Å². The van der Waals surface area contributed by atoms with Crippen molar-refractivity contribution in [1.82, 2.24) is 0 Å². The maximum Gasteiger partial charge on any atom is 0.471 e. The van der Waals surface area contributed by atoms with Gasteiger partial charge in [0.2, 0.25) is 0 Å². The zero-order valence-electron chi connectivity index (χ0n) is 9.27. The van der Waals surface area contributed by atoms with Crippen LogP contribution in [-0.2, 0) is 9.53 Å². The highest BCUT2D eigenvalue weighted by atomic mass is 127. The predicted molar refractivity (Wildman–Crippen MR) is 77.9 cm³/mol. The van der Waals surface area contributed by atoms with E-state index in [1.807, 2.05) is 22.6 Å². The molecule has 9 heteroatoms. The molecule has 0 aliphatic heterocycles. The molecule has 0 saturated carbocycles. The Morgan fingerprint density at radius 2 is 1.84 bits per heavy atom. The summed E-state index contributed by atoms with van der Waals surface area (Å²) >= 11 is 3.63. The number of alkyl halides is 3. The molecule has 0 bridgehead atoms. The highest BCUT2D eigenvalue weighted by Crippen LogP contribution is 2.28. The molecular formula is C10H6F3I2NO3. The highest BCUT2D eigenvalue weighted by Gasteiger charge is 2.39. The molecule has 0 saturated heterocycles. The van der Waals surface area contributed by atoms with Crippen LogP contribution in [0.1, 0.15) is 10.4 Å². The molecule has 0 fully saturated rings. The molecule has 1 N–H and O–H groups in total. The number of amides is 1. The van der Waals surface area contributed by atoms with Crippen molar-refractivity contribution in [1.29, 1.82) is 0 Å². The van der Waals surface area contributed by atoms with Crippen LogP contribution in [0, 0.1) is 7.14 Å². The summed E-state index contributed by atoms with van der Waals surface area (Å²) in [7, 11) is 1.10. The third-order valence-electron chi connectivity index (χ3n) is 1.96. The first-order chi connectivity index (χ1) is 8.66. The monoisotopic (exact) mass is 499 g/mol. The molecular weight excluding hydrogens is 493 g/mol. The summed E-state index contributed by atoms with van der Waals surface area (Å²) in [6, 6.07) is 2.86. The van der Waals surface area contributed by atoms with Crippen molar-refractivity contribution in [2.75, 3.05) is 12.4 Å². The number of rotatable bonds is 2. The molecule has 0 spiro atoms. The third kappa shape index (κ3) is 4.19. The van der Waals surface area contributed by atoms with Crippen molar-refractivity contribution in [3.63, 3.8) is 0 Å². The number of hydrogen-bond acceptors (Lipinski definition) is 3. The fourth-order valence-corrected chi connectivity index (χ4v) is 3.14. The minimum absolute atomic E-state index is 0.128. The SMILES string of the molecule is COC(=O)c1cc(I)cc(I)c1NC(=O)C(F)(F)F. The number of anilines is 1. The number of carbonyl (C=O) groups is 2. The van der Waals surface area contributed by atoms with Gasteiger partial charge >= 0.3 is 18.1 Å². The van der Waals surface area contributed by atoms with Crippen LogP contribution in [0.4, 0.5) is 18.9 Å². The van der Waals surface area contributed by atoms with E-state index in [1.54, 1.807) is 27.9 Å². The first-order valence-electron chi connectivity index (χ1n) is 4.62. The van der Waals surface area contributed by atoms with Crippen molar-refractivity contribution in [2.45, 2.75) is 6.18 Å². The van der Waals surface area contributed by atoms with Crippen LogP contribution in [-0.4, -0.2) is 25.2 Å². The average Bonchev–Trinajstić information content (AvgIpc) is 2.29. The summed E-state index contributed by atoms with van der Waals surface area (Å²) in [5.74, 6) is -2.97. The highest BCUT2D eigenvalue weighted by molar-refractivity contribution is 14.1. The van der Waals surface area contributed by atoms with Gasteiger partial charge in [0.15, 0.2) is 0 Å². The first kappa shape index (κ1) is 16.5. The van der Waals surface area contributed by atoms with E-state index in [-0.39, 0.29) is 11.3 Å². The largest absolute Gasteiger partial charge is 0.471 e. The number of hydrogen-bond donors (Lipinski definition) is 1. The molecule has 104 valence electrons. The Balaban J connectivity index is 3.26. The zero-order valence-corrected chi connectivity index (χ0v) is 13.6. The molecule has 0 aliphatic rings. The molecule has 1 aromatic rings. The summed E-state index contributed by atoms with van der Waals surface area (Å²) < 4.78 is 42.1. The van der Waals surface area contributed by atoms with E-state index in [0.29, 0.717) is 7.14 Å². The van der Waals surface area contributed by atoms with Gasteiger partial charge in [0.1, 0.15) is 0 Å². The average molecular weight is 499 g/mol. The minimum atomic E-state index is -5.03. The summed E-state index contributed by atoms with van der Waals surface area (Å²) in [5, 5.41) is 1.69. The summed E-state index contributed by atoms with van der Waals surface area (Å²) in [6.07, 6.45) is -5.03. The molecule has 0 heterocycles. The van der Waals surface area contributed by atoms with Crippen LogP contribution in [0.15, 0.2) is 12.1 Å². The Kier molecular flexibility index (Phi) is 5.41. The van der Waals surface area contributed by atoms with Gasteiger partial charge in [-0.15, -0.1) is 0 Å². The van der Waals surface area contributed by atoms with E-state index < -0.39 is 18.1 Å². The fraction of sp³-hybridized carbons (Fsp3) is 0.200. The van der Waals surface area contributed by atoms with Crippen LogP contribution in [0.2, 0.25) is 0 Å². The second kappa shape index (κ2) is 6.24. The van der Waals surface area contributed by atoms with Crippen molar-refractivity contribution in [3.8, 4) is 0 Å². The summed E-state index contributed by atoms with van der Waals surface area (Å²) in [6.45, 7) is 0. The van der Waals surface area contributed by atoms with Crippen LogP contribution < -0.4 is 5.32 Å². The molecule has 0 atom stereocenters. The summed E-state index contributed by atoms with van der Waals surface area (Å²) in [4.78, 5) is 22.4. The smallest absolute Gasteiger partial charge is 0.465 e. The Hall–Kier alpha value is -0.590. The van der Waals surface area contributed by atoms with Gasteiger partial charge in [-0.1, -0.05) is 0 Å². The number of methoxy groups -OCH3 is 1. The number of nitrogens with one attached hydrogen (secondary N) is 1. The van der Waals surface area contributed by atoms with E-state index >= 15 is 0 Å². The van der Waals surface area contributed by atoms with E-state index in [0.717, 1.165) is 7.11 Å². The topological polar surface area (TPSA) is 55.4 Å². The molecule has 4 nitrogen and oxygen atoms in total. The number of halogens is 5. The lowest BCUT2D eigenvalue weighted by Crippen LogP contribution is -2.31. The van der Waals surface area contributed by atoms with Gasteiger partial charge in [-0.2, -0.15) is 13.2 Å². The van der Waals surface area contributed by atoms with E-state index in [2.05, 4.69) is 4.74 Å². The van der Waals surface area contributed by atoms with E-state index in [4.69, 9.17) is 0 Å². The maximum absolute atomic E-state index is 12.2. The molecule has 0 radical (unpaired) electrons. The lowest BCUT2D eigenvalue weighted by molar-refractivity contribution is -0.167. The molecule has 0 aromatic heterocycles. The molecule has 1 rings (SSSR count). The van der Waals surface area contributed by atoms with Crippen molar-refractivity contribution in [2.24, 2.45) is 0 Å². The van der Waals surface area contributed by atoms with Crippen LogP contribution >= 0.6 is 45.2 Å². The van der Waals surface area contributed by atoms with Crippen molar-refractivity contribution >= 4 is 62.7 Å². The lowest BCUT2D eigenvalue weighted by atomic mass is 10.2. The van der Waals surface area contributed by atoms with Gasteiger partial charge < -0.3 is 10.1 Å². The lowest BCUT2D eigenvalue weighted by Gasteiger charge is -2.13. The molecule has 19 heavy (non-hydrogen) atoms. The molecule has 0 unspecified atom stereocenters. The minimum Gasteiger partial charge on any atom is -0.465 e. The van der Waals surface area contributed by atoms with Crippen molar-refractivity contribution in [3.05, 3.63) is 24.8 Å². The Labute approximate surface area is 133 Å². The second-order valence-corrected chi connectivity index (χ2v) is 5.66. The Bertz CT molecular complexity index is 531. The van der Waals surface area contributed by atoms with Crippen LogP contribution in [0.5, 0.6) is 0 Å². The zero-order chi connectivity index (χ0) is 14.8. The van der Waals surface area contributed by atoms with Crippen molar-refractivity contribution < 1.29 is 27.5 Å². The normalized spacial score (nSPS) is 11.1. The standard InChI is InChI=1S/C10H6F3I2NO3/c1-19-8(17)5-2-4(14)3-6(15)7(5)16-9(18)10(11,12)13/h2-3H,1H3,(H,16,18). The molecule has 1 aromatic carbocycles. The van der Waals surface area contributed by atoms with Gasteiger partial charge in [-0.05, 0) is 57.3 Å². The second-order valence-electron chi connectivity index (χ2n) is 3.25. The predicted octanol–water partition coefficient (Wildman–Crippen LogP) is 3.18. The Morgan fingerprint density at radius 1 is 1.26 bits per heavy atom. The fourth-order valence-electron chi connectivity index (χ4n) is 1.16. The quantitative estimate of drug-likeness (QED) is 0.503. The first-order valence-corrected chi connectivity index (χ1v) is 6.78. The number of benzene rings is 1. The van der Waals surface area contributed by atoms with E-state index in [1.165, 1.54) is 12.1 Å². The molecule has 1 amide bonds. The van der Waals surface area contributed by atoms with E-state index in [9.17, 15) is 22.8 Å².